The average molecular weight is 381 g/mol. The third-order valence-electron chi connectivity index (χ3n) is 4.40. The lowest BCUT2D eigenvalue weighted by Gasteiger charge is -2.39. The molecule has 1 amide bonds. The van der Waals surface area contributed by atoms with Crippen molar-refractivity contribution in [2.75, 3.05) is 51.3 Å². The van der Waals surface area contributed by atoms with Crippen molar-refractivity contribution in [1.82, 2.24) is 15.2 Å². The number of alkyl halides is 3. The van der Waals surface area contributed by atoms with E-state index < -0.39 is 11.7 Å². The summed E-state index contributed by atoms with van der Waals surface area (Å²) in [4.78, 5) is 19.8. The number of anilines is 1. The van der Waals surface area contributed by atoms with Gasteiger partial charge in [-0.05, 0) is 6.07 Å². The van der Waals surface area contributed by atoms with Gasteiger partial charge in [0, 0.05) is 45.5 Å². The molecular formula is C15H20ClF3N4O2. The topological polar surface area (TPSA) is 57.7 Å². The number of amides is 1. The maximum Gasteiger partial charge on any atom is 0.418 e. The minimum Gasteiger partial charge on any atom is -0.493 e. The van der Waals surface area contributed by atoms with Gasteiger partial charge in [-0.3, -0.25) is 4.79 Å². The van der Waals surface area contributed by atoms with E-state index in [1.165, 1.54) is 7.11 Å². The molecular weight excluding hydrogens is 361 g/mol. The van der Waals surface area contributed by atoms with Crippen LogP contribution >= 0.6 is 12.4 Å². The van der Waals surface area contributed by atoms with Crippen LogP contribution in [0.15, 0.2) is 12.3 Å². The fourth-order valence-electron chi connectivity index (χ4n) is 2.84. The van der Waals surface area contributed by atoms with Crippen LogP contribution in [0.3, 0.4) is 0 Å². The van der Waals surface area contributed by atoms with Crippen molar-refractivity contribution in [3.63, 3.8) is 0 Å². The number of nitrogens with zero attached hydrogens (tertiary/aromatic N) is 3. The molecule has 3 rings (SSSR count). The highest BCUT2D eigenvalue weighted by molar-refractivity contribution is 5.85. The monoisotopic (exact) mass is 380 g/mol. The van der Waals surface area contributed by atoms with Crippen LogP contribution in [0.4, 0.5) is 19.0 Å². The van der Waals surface area contributed by atoms with Gasteiger partial charge in [-0.2, -0.15) is 13.2 Å². The average Bonchev–Trinajstić information content (AvgIpc) is 2.52. The van der Waals surface area contributed by atoms with Gasteiger partial charge in [0.1, 0.15) is 0 Å². The number of carbonyl (C=O) groups is 1. The Bertz CT molecular complexity index is 617. The lowest BCUT2D eigenvalue weighted by molar-refractivity contribution is -0.138. The quantitative estimate of drug-likeness (QED) is 0.859. The summed E-state index contributed by atoms with van der Waals surface area (Å²) in [5, 5.41) is 3.07. The van der Waals surface area contributed by atoms with Crippen LogP contribution in [0, 0.1) is 5.92 Å². The number of hydrogen-bond acceptors (Lipinski definition) is 5. The van der Waals surface area contributed by atoms with E-state index in [-0.39, 0.29) is 30.0 Å². The maximum atomic E-state index is 12.8. The Morgan fingerprint density at radius 1 is 1.28 bits per heavy atom. The Balaban J connectivity index is 0.00000225. The number of rotatable bonds is 3. The fourth-order valence-corrected chi connectivity index (χ4v) is 2.84. The number of hydrogen-bond donors (Lipinski definition) is 1. The zero-order valence-corrected chi connectivity index (χ0v) is 14.5. The van der Waals surface area contributed by atoms with Gasteiger partial charge in [-0.15, -0.1) is 12.4 Å². The third-order valence-corrected chi connectivity index (χ3v) is 4.40. The Kier molecular flexibility index (Phi) is 5.99. The predicted octanol–water partition coefficient (Wildman–Crippen LogP) is 1.40. The number of carbonyl (C=O) groups excluding carboxylic acids is 1. The summed E-state index contributed by atoms with van der Waals surface area (Å²) in [6, 6.07) is 0.958. The number of piperazine rings is 1. The minimum atomic E-state index is -4.46. The van der Waals surface area contributed by atoms with Crippen LogP contribution < -0.4 is 15.0 Å². The van der Waals surface area contributed by atoms with E-state index in [1.54, 1.807) is 4.90 Å². The normalized spacial score (nSPS) is 18.4. The number of ether oxygens (including phenoxy) is 1. The molecule has 0 unspecified atom stereocenters. The number of aromatic nitrogens is 1. The van der Waals surface area contributed by atoms with Crippen molar-refractivity contribution in [3.8, 4) is 5.75 Å². The SMILES string of the molecule is COc1cc(C(F)(F)F)cnc1N1CCN(C(=O)C2CNC2)CC1.Cl. The molecule has 0 saturated carbocycles. The van der Waals surface area contributed by atoms with E-state index in [4.69, 9.17) is 4.74 Å². The summed E-state index contributed by atoms with van der Waals surface area (Å²) < 4.78 is 43.4. The molecule has 1 aromatic rings. The Morgan fingerprint density at radius 2 is 1.92 bits per heavy atom. The first kappa shape index (κ1) is 19.6. The van der Waals surface area contributed by atoms with Gasteiger partial charge in [-0.1, -0.05) is 0 Å². The van der Waals surface area contributed by atoms with Gasteiger partial charge in [0.05, 0.1) is 18.6 Å². The molecule has 0 radical (unpaired) electrons. The van der Waals surface area contributed by atoms with Crippen molar-refractivity contribution in [2.24, 2.45) is 5.92 Å². The first-order valence-electron chi connectivity index (χ1n) is 7.76. The van der Waals surface area contributed by atoms with Crippen LogP contribution in [0.1, 0.15) is 5.56 Å². The van der Waals surface area contributed by atoms with Gasteiger partial charge in [0.2, 0.25) is 5.91 Å². The third kappa shape index (κ3) is 4.09. The van der Waals surface area contributed by atoms with Gasteiger partial charge >= 0.3 is 6.18 Å². The summed E-state index contributed by atoms with van der Waals surface area (Å²) in [7, 11) is 1.32. The highest BCUT2D eigenvalue weighted by atomic mass is 35.5. The zero-order valence-electron chi connectivity index (χ0n) is 13.7. The fraction of sp³-hybridized carbons (Fsp3) is 0.600. The van der Waals surface area contributed by atoms with Gasteiger partial charge < -0.3 is 19.9 Å². The van der Waals surface area contributed by atoms with E-state index in [1.807, 2.05) is 4.90 Å². The second kappa shape index (κ2) is 7.65. The van der Waals surface area contributed by atoms with Crippen molar-refractivity contribution in [3.05, 3.63) is 17.8 Å². The molecule has 0 bridgehead atoms. The maximum absolute atomic E-state index is 12.8. The first-order chi connectivity index (χ1) is 11.4. The first-order valence-corrected chi connectivity index (χ1v) is 7.76. The Labute approximate surface area is 149 Å². The van der Waals surface area contributed by atoms with Crippen molar-refractivity contribution >= 4 is 24.1 Å². The summed E-state index contributed by atoms with van der Waals surface area (Å²) in [5.74, 6) is 0.659. The van der Waals surface area contributed by atoms with Crippen LogP contribution in [-0.2, 0) is 11.0 Å². The molecule has 3 heterocycles. The van der Waals surface area contributed by atoms with E-state index in [9.17, 15) is 18.0 Å². The molecule has 0 atom stereocenters. The highest BCUT2D eigenvalue weighted by Crippen LogP contribution is 2.35. The van der Waals surface area contributed by atoms with Crippen LogP contribution in [0.25, 0.3) is 0 Å². The Morgan fingerprint density at radius 3 is 2.40 bits per heavy atom. The second-order valence-electron chi connectivity index (χ2n) is 5.92. The molecule has 2 fully saturated rings. The standard InChI is InChI=1S/C15H19F3N4O2.ClH/c1-24-12-6-11(15(16,17)18)9-20-13(12)21-2-4-22(5-3-21)14(23)10-7-19-8-10;/h6,9-10,19H,2-5,7-8H2,1H3;1H. The highest BCUT2D eigenvalue weighted by Gasteiger charge is 2.34. The molecule has 0 aromatic carbocycles. The minimum absolute atomic E-state index is 0. The molecule has 0 spiro atoms. The van der Waals surface area contributed by atoms with Crippen LogP contribution in [0.5, 0.6) is 5.75 Å². The molecule has 6 nitrogen and oxygen atoms in total. The lowest BCUT2D eigenvalue weighted by Crippen LogP contribution is -2.56. The number of methoxy groups -OCH3 is 1. The summed E-state index contributed by atoms with van der Waals surface area (Å²) in [6.45, 7) is 3.52. The number of halogens is 4. The van der Waals surface area contributed by atoms with Crippen molar-refractivity contribution in [1.29, 1.82) is 0 Å². The summed E-state index contributed by atoms with van der Waals surface area (Å²) in [5.41, 5.74) is -0.839. The number of pyridine rings is 1. The molecule has 2 aliphatic rings. The Hall–Kier alpha value is -1.74. The summed E-state index contributed by atoms with van der Waals surface area (Å²) in [6.07, 6.45) is -3.64. The molecule has 10 heteroatoms. The van der Waals surface area contributed by atoms with E-state index >= 15 is 0 Å². The second-order valence-corrected chi connectivity index (χ2v) is 5.92. The van der Waals surface area contributed by atoms with Crippen LogP contribution in [0.2, 0.25) is 0 Å². The molecule has 2 saturated heterocycles. The van der Waals surface area contributed by atoms with Gasteiger partial charge in [-0.25, -0.2) is 4.98 Å². The largest absolute Gasteiger partial charge is 0.493 e. The van der Waals surface area contributed by atoms with E-state index in [2.05, 4.69) is 10.3 Å². The van der Waals surface area contributed by atoms with Crippen LogP contribution in [-0.4, -0.2) is 62.2 Å². The predicted molar refractivity (Wildman–Crippen MR) is 88.2 cm³/mol. The van der Waals surface area contributed by atoms with Crippen molar-refractivity contribution < 1.29 is 22.7 Å². The number of nitrogens with one attached hydrogen (secondary N) is 1. The van der Waals surface area contributed by atoms with Gasteiger partial charge in [0.15, 0.2) is 11.6 Å². The lowest BCUT2D eigenvalue weighted by atomic mass is 10.0. The molecule has 25 heavy (non-hydrogen) atoms. The molecule has 1 aromatic heterocycles. The zero-order chi connectivity index (χ0) is 17.3. The van der Waals surface area contributed by atoms with E-state index in [0.29, 0.717) is 45.1 Å². The molecule has 2 aliphatic heterocycles. The smallest absolute Gasteiger partial charge is 0.418 e. The molecule has 0 aliphatic carbocycles. The van der Waals surface area contributed by atoms with E-state index in [0.717, 1.165) is 12.3 Å². The molecule has 1 N–H and O–H groups in total. The van der Waals surface area contributed by atoms with Crippen molar-refractivity contribution in [2.45, 2.75) is 6.18 Å². The summed E-state index contributed by atoms with van der Waals surface area (Å²) >= 11 is 0. The van der Waals surface area contributed by atoms with Gasteiger partial charge in [0.25, 0.3) is 0 Å². The molecule has 140 valence electrons.